The van der Waals surface area contributed by atoms with Crippen LogP contribution in [0.2, 0.25) is 0 Å². The van der Waals surface area contributed by atoms with E-state index in [2.05, 4.69) is 20.8 Å². The summed E-state index contributed by atoms with van der Waals surface area (Å²) in [6, 6.07) is 0. The Bertz CT molecular complexity index is 159. The van der Waals surface area contributed by atoms with Crippen molar-refractivity contribution in [3.8, 4) is 0 Å². The lowest BCUT2D eigenvalue weighted by atomic mass is 9.80. The zero-order chi connectivity index (χ0) is 12.5. The lowest BCUT2D eigenvalue weighted by Crippen LogP contribution is -2.12. The minimum Gasteiger partial charge on any atom is -0.0654 e. The van der Waals surface area contributed by atoms with Crippen LogP contribution in [-0.2, 0) is 0 Å². The van der Waals surface area contributed by atoms with Crippen LogP contribution in [0, 0.1) is 17.8 Å². The largest absolute Gasteiger partial charge is 0.0654 e. The second kappa shape index (κ2) is 9.00. The summed E-state index contributed by atoms with van der Waals surface area (Å²) in [5.74, 6) is 3.13. The van der Waals surface area contributed by atoms with Crippen LogP contribution < -0.4 is 0 Å². The molecular formula is C17H34. The van der Waals surface area contributed by atoms with Crippen molar-refractivity contribution in [2.24, 2.45) is 17.8 Å². The van der Waals surface area contributed by atoms with Gasteiger partial charge in [-0.2, -0.15) is 0 Å². The Kier molecular flexibility index (Phi) is 7.97. The van der Waals surface area contributed by atoms with Gasteiger partial charge in [-0.25, -0.2) is 0 Å². The summed E-state index contributed by atoms with van der Waals surface area (Å²) in [5, 5.41) is 0. The third kappa shape index (κ3) is 6.48. The van der Waals surface area contributed by atoms with Crippen molar-refractivity contribution < 1.29 is 0 Å². The van der Waals surface area contributed by atoms with Crippen LogP contribution in [0.25, 0.3) is 0 Å². The summed E-state index contributed by atoms with van der Waals surface area (Å²) in [6.07, 6.45) is 16.3. The Balaban J connectivity index is 2.08. The van der Waals surface area contributed by atoms with Crippen LogP contribution >= 0.6 is 0 Å². The van der Waals surface area contributed by atoms with Gasteiger partial charge in [-0.3, -0.25) is 0 Å². The molecule has 0 aliphatic heterocycles. The Morgan fingerprint density at radius 3 is 2.00 bits per heavy atom. The topological polar surface area (TPSA) is 0 Å². The monoisotopic (exact) mass is 238 g/mol. The van der Waals surface area contributed by atoms with Gasteiger partial charge in [0.1, 0.15) is 0 Å². The molecule has 0 aromatic rings. The highest BCUT2D eigenvalue weighted by Crippen LogP contribution is 2.32. The molecule has 0 radical (unpaired) electrons. The molecule has 0 amide bonds. The van der Waals surface area contributed by atoms with Crippen molar-refractivity contribution >= 4 is 0 Å². The van der Waals surface area contributed by atoms with E-state index < -0.39 is 0 Å². The van der Waals surface area contributed by atoms with Crippen molar-refractivity contribution in [1.82, 2.24) is 0 Å². The molecule has 1 rings (SSSR count). The van der Waals surface area contributed by atoms with E-state index >= 15 is 0 Å². The molecule has 0 N–H and O–H groups in total. The van der Waals surface area contributed by atoms with Crippen LogP contribution in [0.5, 0.6) is 0 Å². The summed E-state index contributed by atoms with van der Waals surface area (Å²) in [4.78, 5) is 0. The Morgan fingerprint density at radius 1 is 0.882 bits per heavy atom. The fraction of sp³-hybridized carbons (Fsp3) is 1.00. The second-order valence-corrected chi connectivity index (χ2v) is 6.50. The maximum Gasteiger partial charge on any atom is -0.0414 e. The highest BCUT2D eigenvalue weighted by Gasteiger charge is 2.18. The number of hydrogen-bond donors (Lipinski definition) is 0. The van der Waals surface area contributed by atoms with Gasteiger partial charge in [0.05, 0.1) is 0 Å². The highest BCUT2D eigenvalue weighted by atomic mass is 14.2. The fourth-order valence-corrected chi connectivity index (χ4v) is 3.56. The second-order valence-electron chi connectivity index (χ2n) is 6.50. The molecule has 1 saturated carbocycles. The molecule has 0 heteroatoms. The standard InChI is InChI=1S/C17H34/c1-4-7-16(8-5-2)9-6-10-17-13-11-15(3)12-14-17/h15-17H,4-14H2,1-3H3. The first-order valence-electron chi connectivity index (χ1n) is 8.26. The van der Waals surface area contributed by atoms with E-state index in [1.54, 1.807) is 0 Å². The maximum absolute atomic E-state index is 2.43. The predicted octanol–water partition coefficient (Wildman–Crippen LogP) is 6.20. The SMILES string of the molecule is CCCC(CCC)CCCC1CCC(C)CC1. The van der Waals surface area contributed by atoms with Crippen LogP contribution in [-0.4, -0.2) is 0 Å². The van der Waals surface area contributed by atoms with Gasteiger partial charge >= 0.3 is 0 Å². The molecular weight excluding hydrogens is 204 g/mol. The average molecular weight is 238 g/mol. The zero-order valence-electron chi connectivity index (χ0n) is 12.5. The molecule has 0 saturated heterocycles. The van der Waals surface area contributed by atoms with Gasteiger partial charge in [0.2, 0.25) is 0 Å². The smallest absolute Gasteiger partial charge is 0.0414 e. The summed E-state index contributed by atoms with van der Waals surface area (Å²) < 4.78 is 0. The Labute approximate surface area is 110 Å². The van der Waals surface area contributed by atoms with E-state index in [0.717, 1.165) is 17.8 Å². The zero-order valence-corrected chi connectivity index (χ0v) is 12.5. The summed E-state index contributed by atoms with van der Waals surface area (Å²) >= 11 is 0. The molecule has 0 heterocycles. The number of rotatable bonds is 8. The molecule has 0 nitrogen and oxygen atoms in total. The molecule has 0 aromatic carbocycles. The first kappa shape index (κ1) is 15.1. The van der Waals surface area contributed by atoms with Gasteiger partial charge in [0, 0.05) is 0 Å². The molecule has 0 unspecified atom stereocenters. The molecule has 17 heavy (non-hydrogen) atoms. The Hall–Kier alpha value is 0. The van der Waals surface area contributed by atoms with Crippen LogP contribution in [0.3, 0.4) is 0 Å². The quantitative estimate of drug-likeness (QED) is 0.472. The molecule has 102 valence electrons. The van der Waals surface area contributed by atoms with Crippen molar-refractivity contribution in [1.29, 1.82) is 0 Å². The minimum atomic E-state index is 1.01. The third-order valence-corrected chi connectivity index (χ3v) is 4.75. The minimum absolute atomic E-state index is 1.01. The highest BCUT2D eigenvalue weighted by molar-refractivity contribution is 4.70. The van der Waals surface area contributed by atoms with Crippen LogP contribution in [0.1, 0.15) is 91.4 Å². The van der Waals surface area contributed by atoms with Gasteiger partial charge in [-0.05, 0) is 17.8 Å². The molecule has 1 aliphatic rings. The average Bonchev–Trinajstić information content (AvgIpc) is 2.32. The van der Waals surface area contributed by atoms with E-state index in [1.807, 2.05) is 0 Å². The van der Waals surface area contributed by atoms with Crippen molar-refractivity contribution in [3.05, 3.63) is 0 Å². The third-order valence-electron chi connectivity index (χ3n) is 4.75. The summed E-state index contributed by atoms with van der Waals surface area (Å²) in [6.45, 7) is 7.10. The molecule has 0 spiro atoms. The van der Waals surface area contributed by atoms with Crippen molar-refractivity contribution in [2.45, 2.75) is 91.4 Å². The fourth-order valence-electron chi connectivity index (χ4n) is 3.56. The molecule has 1 fully saturated rings. The van der Waals surface area contributed by atoms with E-state index in [4.69, 9.17) is 0 Å². The van der Waals surface area contributed by atoms with E-state index in [-0.39, 0.29) is 0 Å². The summed E-state index contributed by atoms with van der Waals surface area (Å²) in [7, 11) is 0. The van der Waals surface area contributed by atoms with E-state index in [0.29, 0.717) is 0 Å². The van der Waals surface area contributed by atoms with E-state index in [9.17, 15) is 0 Å². The molecule has 1 aliphatic carbocycles. The van der Waals surface area contributed by atoms with Gasteiger partial charge in [-0.15, -0.1) is 0 Å². The molecule has 0 atom stereocenters. The van der Waals surface area contributed by atoms with Gasteiger partial charge in [0.15, 0.2) is 0 Å². The van der Waals surface area contributed by atoms with Crippen molar-refractivity contribution in [3.63, 3.8) is 0 Å². The first-order chi connectivity index (χ1) is 8.26. The van der Waals surface area contributed by atoms with Gasteiger partial charge in [0.25, 0.3) is 0 Å². The van der Waals surface area contributed by atoms with Crippen LogP contribution in [0.4, 0.5) is 0 Å². The summed E-state index contributed by atoms with van der Waals surface area (Å²) in [5.41, 5.74) is 0. The van der Waals surface area contributed by atoms with E-state index in [1.165, 1.54) is 70.6 Å². The predicted molar refractivity (Wildman–Crippen MR) is 78.3 cm³/mol. The maximum atomic E-state index is 2.43. The van der Waals surface area contributed by atoms with Gasteiger partial charge in [-0.1, -0.05) is 91.4 Å². The van der Waals surface area contributed by atoms with Crippen molar-refractivity contribution in [2.75, 3.05) is 0 Å². The number of hydrogen-bond acceptors (Lipinski definition) is 0. The normalized spacial score (nSPS) is 25.4. The lowest BCUT2D eigenvalue weighted by Gasteiger charge is -2.26. The lowest BCUT2D eigenvalue weighted by molar-refractivity contribution is 0.264. The molecule has 0 aromatic heterocycles. The first-order valence-corrected chi connectivity index (χ1v) is 8.26. The molecule has 0 bridgehead atoms. The van der Waals surface area contributed by atoms with Gasteiger partial charge < -0.3 is 0 Å². The van der Waals surface area contributed by atoms with Crippen LogP contribution in [0.15, 0.2) is 0 Å². The Morgan fingerprint density at radius 2 is 1.47 bits per heavy atom.